The Bertz CT molecular complexity index is 577. The second kappa shape index (κ2) is 5.28. The van der Waals surface area contributed by atoms with Crippen molar-refractivity contribution in [3.05, 3.63) is 35.4 Å². The van der Waals surface area contributed by atoms with Gasteiger partial charge in [0, 0.05) is 13.0 Å². The fourth-order valence-corrected chi connectivity index (χ4v) is 1.98. The number of amides is 2. The van der Waals surface area contributed by atoms with E-state index in [9.17, 15) is 27.6 Å². The van der Waals surface area contributed by atoms with E-state index < -0.39 is 42.8 Å². The lowest BCUT2D eigenvalue weighted by atomic mass is 10.1. The van der Waals surface area contributed by atoms with Crippen LogP contribution in [0.25, 0.3) is 0 Å². The van der Waals surface area contributed by atoms with Crippen LogP contribution in [0, 0.1) is 0 Å². The average Bonchev–Trinajstić information content (AvgIpc) is 2.67. The number of imide groups is 1. The zero-order valence-corrected chi connectivity index (χ0v) is 10.6. The Morgan fingerprint density at radius 3 is 2.05 bits per heavy atom. The molecule has 1 N–H and O–H groups in total. The Balaban J connectivity index is 2.05. The number of fused-ring (bicyclic) bond motifs is 1. The van der Waals surface area contributed by atoms with E-state index in [0.717, 1.165) is 0 Å². The van der Waals surface area contributed by atoms with Gasteiger partial charge >= 0.3 is 6.18 Å². The molecular formula is C13H10F3NO4. The molecule has 0 spiro atoms. The molecule has 8 heteroatoms. The van der Waals surface area contributed by atoms with E-state index in [1.807, 2.05) is 0 Å². The number of rotatable bonds is 4. The number of carbonyl (C=O) groups excluding carboxylic acids is 3. The highest BCUT2D eigenvalue weighted by atomic mass is 19.4. The number of Topliss-reactive ketones (excluding diaryl/α,β-unsaturated/α-hetero) is 1. The van der Waals surface area contributed by atoms with Crippen LogP contribution in [-0.2, 0) is 4.79 Å². The first kappa shape index (κ1) is 15.2. The Labute approximate surface area is 117 Å². The van der Waals surface area contributed by atoms with Gasteiger partial charge in [-0.15, -0.1) is 0 Å². The molecule has 0 aromatic heterocycles. The highest BCUT2D eigenvalue weighted by molar-refractivity contribution is 6.21. The molecule has 1 aromatic carbocycles. The lowest BCUT2D eigenvalue weighted by molar-refractivity contribution is -0.203. The number of carbonyl (C=O) groups is 3. The summed E-state index contributed by atoms with van der Waals surface area (Å²) < 4.78 is 36.5. The molecule has 21 heavy (non-hydrogen) atoms. The highest BCUT2D eigenvalue weighted by Crippen LogP contribution is 2.24. The van der Waals surface area contributed by atoms with Gasteiger partial charge in [-0.2, -0.15) is 13.2 Å². The van der Waals surface area contributed by atoms with Crippen LogP contribution in [0.5, 0.6) is 0 Å². The van der Waals surface area contributed by atoms with Gasteiger partial charge in [0.05, 0.1) is 11.1 Å². The summed E-state index contributed by atoms with van der Waals surface area (Å²) in [4.78, 5) is 35.7. The zero-order chi connectivity index (χ0) is 15.8. The van der Waals surface area contributed by atoms with Gasteiger partial charge in [0.25, 0.3) is 11.8 Å². The predicted molar refractivity (Wildman–Crippen MR) is 63.5 cm³/mol. The van der Waals surface area contributed by atoms with E-state index in [1.54, 1.807) is 12.1 Å². The molecule has 0 radical (unpaired) electrons. The number of benzene rings is 1. The summed E-state index contributed by atoms with van der Waals surface area (Å²) in [7, 11) is 0. The summed E-state index contributed by atoms with van der Waals surface area (Å²) in [5.74, 6) is -2.81. The largest absolute Gasteiger partial charge is 0.421 e. The lowest BCUT2D eigenvalue weighted by Gasteiger charge is -2.16. The van der Waals surface area contributed by atoms with Gasteiger partial charge in [-0.3, -0.25) is 19.3 Å². The third kappa shape index (κ3) is 2.80. The molecule has 112 valence electrons. The molecule has 5 nitrogen and oxygen atoms in total. The first-order valence-electron chi connectivity index (χ1n) is 5.96. The van der Waals surface area contributed by atoms with Gasteiger partial charge in [0.1, 0.15) is 0 Å². The van der Waals surface area contributed by atoms with E-state index >= 15 is 0 Å². The Hall–Kier alpha value is -2.22. The molecular weight excluding hydrogens is 291 g/mol. The number of hydrogen-bond donors (Lipinski definition) is 1. The molecule has 1 heterocycles. The number of aliphatic hydroxyl groups is 1. The quantitative estimate of drug-likeness (QED) is 0.847. The molecule has 0 saturated heterocycles. The van der Waals surface area contributed by atoms with Crippen molar-refractivity contribution in [2.45, 2.75) is 18.7 Å². The van der Waals surface area contributed by atoms with Gasteiger partial charge < -0.3 is 5.11 Å². The number of halogens is 3. The van der Waals surface area contributed by atoms with Crippen LogP contribution in [-0.4, -0.2) is 46.4 Å². The second-order valence-electron chi connectivity index (χ2n) is 4.47. The second-order valence-corrected chi connectivity index (χ2v) is 4.47. The molecule has 0 bridgehead atoms. The summed E-state index contributed by atoms with van der Waals surface area (Å²) in [5.41, 5.74) is 0.289. The van der Waals surface area contributed by atoms with E-state index in [4.69, 9.17) is 5.11 Å². The molecule has 0 fully saturated rings. The van der Waals surface area contributed by atoms with Crippen LogP contribution >= 0.6 is 0 Å². The van der Waals surface area contributed by atoms with Gasteiger partial charge in [-0.25, -0.2) is 0 Å². The normalized spacial score (nSPS) is 16.1. The van der Waals surface area contributed by atoms with E-state index in [1.165, 1.54) is 12.1 Å². The minimum atomic E-state index is -5.06. The lowest BCUT2D eigenvalue weighted by Crippen LogP contribution is -2.39. The van der Waals surface area contributed by atoms with Crippen molar-refractivity contribution in [3.8, 4) is 0 Å². The summed E-state index contributed by atoms with van der Waals surface area (Å²) in [6, 6.07) is 5.93. The van der Waals surface area contributed by atoms with Crippen LogP contribution in [0.4, 0.5) is 13.2 Å². The van der Waals surface area contributed by atoms with Crippen LogP contribution < -0.4 is 0 Å². The van der Waals surface area contributed by atoms with Crippen molar-refractivity contribution in [1.29, 1.82) is 0 Å². The number of aliphatic hydroxyl groups excluding tert-OH is 1. The van der Waals surface area contributed by atoms with E-state index in [2.05, 4.69) is 0 Å². The molecule has 0 aliphatic carbocycles. The molecule has 1 aromatic rings. The van der Waals surface area contributed by atoms with Crippen molar-refractivity contribution >= 4 is 17.6 Å². The molecule has 1 atom stereocenters. The standard InChI is InChI=1S/C13H10F3NO4/c14-13(15,16)10(19)9(18)5-6-17-11(20)7-3-1-2-4-8(7)12(17)21/h1-4,10,19H,5-6H2. The fourth-order valence-electron chi connectivity index (χ4n) is 1.98. The molecule has 2 amide bonds. The van der Waals surface area contributed by atoms with Crippen molar-refractivity contribution in [2.75, 3.05) is 6.54 Å². The summed E-state index contributed by atoms with van der Waals surface area (Å²) in [6.07, 6.45) is -8.92. The molecule has 1 unspecified atom stereocenters. The van der Waals surface area contributed by atoms with Gasteiger partial charge in [0.2, 0.25) is 6.10 Å². The molecule has 1 aliphatic rings. The molecule has 0 saturated carbocycles. The van der Waals surface area contributed by atoms with Gasteiger partial charge in [0.15, 0.2) is 5.78 Å². The Morgan fingerprint density at radius 2 is 1.62 bits per heavy atom. The van der Waals surface area contributed by atoms with Crippen LogP contribution in [0.2, 0.25) is 0 Å². The maximum Gasteiger partial charge on any atom is 0.421 e. The first-order chi connectivity index (χ1) is 9.73. The predicted octanol–water partition coefficient (Wildman–Crippen LogP) is 1.17. The maximum absolute atomic E-state index is 12.2. The maximum atomic E-state index is 12.2. The molecule has 1 aliphatic heterocycles. The third-order valence-electron chi connectivity index (χ3n) is 3.08. The van der Waals surface area contributed by atoms with Crippen molar-refractivity contribution in [3.63, 3.8) is 0 Å². The van der Waals surface area contributed by atoms with E-state index in [0.29, 0.717) is 4.90 Å². The SMILES string of the molecule is O=C(CCN1C(=O)c2ccccc2C1=O)C(O)C(F)(F)F. The van der Waals surface area contributed by atoms with Crippen LogP contribution in [0.3, 0.4) is 0 Å². The Morgan fingerprint density at radius 1 is 1.14 bits per heavy atom. The van der Waals surface area contributed by atoms with Crippen molar-refractivity contribution in [1.82, 2.24) is 4.90 Å². The molecule has 2 rings (SSSR count). The summed E-state index contributed by atoms with van der Waals surface area (Å²) >= 11 is 0. The van der Waals surface area contributed by atoms with Crippen LogP contribution in [0.1, 0.15) is 27.1 Å². The highest BCUT2D eigenvalue weighted by Gasteiger charge is 2.43. The first-order valence-corrected chi connectivity index (χ1v) is 5.96. The zero-order valence-electron chi connectivity index (χ0n) is 10.6. The van der Waals surface area contributed by atoms with Crippen LogP contribution in [0.15, 0.2) is 24.3 Å². The smallest absolute Gasteiger partial charge is 0.377 e. The van der Waals surface area contributed by atoms with Gasteiger partial charge in [-0.05, 0) is 12.1 Å². The monoisotopic (exact) mass is 301 g/mol. The van der Waals surface area contributed by atoms with Gasteiger partial charge in [-0.1, -0.05) is 12.1 Å². The topological polar surface area (TPSA) is 74.7 Å². The third-order valence-corrected chi connectivity index (χ3v) is 3.08. The Kier molecular flexibility index (Phi) is 3.82. The number of hydrogen-bond acceptors (Lipinski definition) is 4. The number of alkyl halides is 3. The minimum absolute atomic E-state index is 0.145. The fraction of sp³-hybridized carbons (Fsp3) is 0.308. The van der Waals surface area contributed by atoms with Crippen molar-refractivity contribution in [2.24, 2.45) is 0 Å². The average molecular weight is 301 g/mol. The van der Waals surface area contributed by atoms with Crippen molar-refractivity contribution < 1.29 is 32.7 Å². The van der Waals surface area contributed by atoms with E-state index in [-0.39, 0.29) is 11.1 Å². The number of nitrogens with zero attached hydrogens (tertiary/aromatic N) is 1. The summed E-state index contributed by atoms with van der Waals surface area (Å²) in [5, 5.41) is 8.77. The number of ketones is 1. The summed E-state index contributed by atoms with van der Waals surface area (Å²) in [6.45, 7) is -0.502. The minimum Gasteiger partial charge on any atom is -0.377 e.